The summed E-state index contributed by atoms with van der Waals surface area (Å²) in [6.07, 6.45) is -6.78. The van der Waals surface area contributed by atoms with Gasteiger partial charge in [-0.2, -0.15) is 13.2 Å². The van der Waals surface area contributed by atoms with Gasteiger partial charge in [-0.25, -0.2) is 12.8 Å². The fourth-order valence-electron chi connectivity index (χ4n) is 3.18. The number of carbonyl (C=O) groups excluding carboxylic acids is 1. The van der Waals surface area contributed by atoms with Crippen LogP contribution in [0.2, 0.25) is 0 Å². The van der Waals surface area contributed by atoms with Crippen LogP contribution >= 0.6 is 0 Å². The highest BCUT2D eigenvalue weighted by Crippen LogP contribution is 2.36. The summed E-state index contributed by atoms with van der Waals surface area (Å²) in [5, 5.41) is 12.6. The maximum atomic E-state index is 13.3. The van der Waals surface area contributed by atoms with Gasteiger partial charge in [0.25, 0.3) is 15.9 Å². The highest BCUT2D eigenvalue weighted by molar-refractivity contribution is 7.92. The number of halogens is 4. The molecule has 0 aliphatic carbocycles. The number of amides is 1. The van der Waals surface area contributed by atoms with Crippen LogP contribution in [0.1, 0.15) is 29.8 Å². The van der Waals surface area contributed by atoms with Gasteiger partial charge in [-0.1, -0.05) is 6.07 Å². The lowest BCUT2D eigenvalue weighted by atomic mass is 10.2. The Bertz CT molecular complexity index is 1170. The van der Waals surface area contributed by atoms with E-state index < -0.39 is 62.1 Å². The first-order valence-electron chi connectivity index (χ1n) is 9.96. The topological polar surface area (TPSA) is 114 Å². The Morgan fingerprint density at radius 1 is 1.24 bits per heavy atom. The minimum Gasteiger partial charge on any atom is -0.388 e. The number of aliphatic hydroxyl groups excluding tert-OH is 1. The predicted molar refractivity (Wildman–Crippen MR) is 112 cm³/mol. The summed E-state index contributed by atoms with van der Waals surface area (Å²) < 4.78 is 90.8. The molecule has 1 saturated heterocycles. The molecular formula is C21H22F4N2O6S. The van der Waals surface area contributed by atoms with Gasteiger partial charge in [0.2, 0.25) is 0 Å². The number of nitrogens with one attached hydrogen (secondary N) is 2. The first kappa shape index (κ1) is 25.9. The fraction of sp³-hybridized carbons (Fsp3) is 0.381. The molecule has 8 nitrogen and oxygen atoms in total. The lowest BCUT2D eigenvalue weighted by Gasteiger charge is -2.20. The molecule has 0 aromatic heterocycles. The molecule has 13 heteroatoms. The van der Waals surface area contributed by atoms with Crippen molar-refractivity contribution in [3.05, 3.63) is 59.4 Å². The van der Waals surface area contributed by atoms with E-state index in [2.05, 4.69) is 5.32 Å². The van der Waals surface area contributed by atoms with Gasteiger partial charge < -0.3 is 19.9 Å². The van der Waals surface area contributed by atoms with E-state index in [4.69, 9.17) is 9.47 Å². The molecule has 0 saturated carbocycles. The number of hydrogen-bond acceptors (Lipinski definition) is 6. The Balaban J connectivity index is 1.73. The molecule has 34 heavy (non-hydrogen) atoms. The van der Waals surface area contributed by atoms with Crippen LogP contribution in [0, 0.1) is 5.82 Å². The van der Waals surface area contributed by atoms with Crippen molar-refractivity contribution in [1.29, 1.82) is 0 Å². The molecule has 0 bridgehead atoms. The number of carbonyl (C=O) groups is 1. The van der Waals surface area contributed by atoms with Crippen LogP contribution in [0.15, 0.2) is 47.4 Å². The second-order valence-electron chi connectivity index (χ2n) is 7.97. The van der Waals surface area contributed by atoms with E-state index in [9.17, 15) is 35.9 Å². The average Bonchev–Trinajstić information content (AvgIpc) is 3.12. The van der Waals surface area contributed by atoms with Crippen LogP contribution in [0.25, 0.3) is 0 Å². The molecule has 1 aliphatic rings. The van der Waals surface area contributed by atoms with Crippen molar-refractivity contribution in [3.8, 4) is 0 Å². The summed E-state index contributed by atoms with van der Waals surface area (Å²) in [6, 6.07) is 6.07. The number of anilines is 1. The highest BCUT2D eigenvalue weighted by Gasteiger charge is 2.37. The smallest absolute Gasteiger partial charge is 0.388 e. The summed E-state index contributed by atoms with van der Waals surface area (Å²) in [4.78, 5) is 12.0. The van der Waals surface area contributed by atoms with Crippen LogP contribution in [-0.2, 0) is 25.7 Å². The van der Waals surface area contributed by atoms with Crippen molar-refractivity contribution in [2.24, 2.45) is 0 Å². The maximum Gasteiger partial charge on any atom is 0.418 e. The Morgan fingerprint density at radius 3 is 2.56 bits per heavy atom. The molecule has 3 rings (SSSR count). The number of sulfonamides is 1. The van der Waals surface area contributed by atoms with Gasteiger partial charge in [-0.15, -0.1) is 0 Å². The number of benzene rings is 2. The first-order chi connectivity index (χ1) is 15.7. The quantitative estimate of drug-likeness (QED) is 0.498. The normalized spacial score (nSPS) is 19.0. The van der Waals surface area contributed by atoms with Gasteiger partial charge in [0.1, 0.15) is 11.9 Å². The SMILES string of the molecule is CC1(C)OCC(C(O)CNC(=O)c2cccc(S(=O)(=O)Nc3ccc(F)cc3C(F)(F)F)c2)O1. The fourth-order valence-corrected chi connectivity index (χ4v) is 4.31. The molecule has 2 aromatic carbocycles. The van der Waals surface area contributed by atoms with E-state index in [0.717, 1.165) is 12.1 Å². The largest absolute Gasteiger partial charge is 0.418 e. The zero-order valence-corrected chi connectivity index (χ0v) is 18.8. The first-order valence-corrected chi connectivity index (χ1v) is 11.4. The van der Waals surface area contributed by atoms with Gasteiger partial charge >= 0.3 is 6.18 Å². The Morgan fingerprint density at radius 2 is 1.94 bits per heavy atom. The van der Waals surface area contributed by atoms with Crippen molar-refractivity contribution < 1.29 is 45.4 Å². The van der Waals surface area contributed by atoms with E-state index in [1.165, 1.54) is 12.1 Å². The molecule has 3 N–H and O–H groups in total. The predicted octanol–water partition coefficient (Wildman–Crippen LogP) is 2.89. The molecule has 2 unspecified atom stereocenters. The van der Waals surface area contributed by atoms with Crippen LogP contribution in [0.4, 0.5) is 23.2 Å². The summed E-state index contributed by atoms with van der Waals surface area (Å²) >= 11 is 0. The summed E-state index contributed by atoms with van der Waals surface area (Å²) in [7, 11) is -4.56. The molecule has 0 radical (unpaired) electrons. The molecule has 1 fully saturated rings. The van der Waals surface area contributed by atoms with Gasteiger partial charge in [0.05, 0.1) is 28.9 Å². The third kappa shape index (κ3) is 6.23. The molecule has 0 spiro atoms. The van der Waals surface area contributed by atoms with E-state index in [0.29, 0.717) is 12.1 Å². The van der Waals surface area contributed by atoms with E-state index in [-0.39, 0.29) is 24.8 Å². The van der Waals surface area contributed by atoms with Crippen molar-refractivity contribution in [2.45, 2.75) is 42.9 Å². The summed E-state index contributed by atoms with van der Waals surface area (Å²) in [5.74, 6) is -2.79. The van der Waals surface area contributed by atoms with Gasteiger partial charge in [-0.3, -0.25) is 9.52 Å². The zero-order chi connectivity index (χ0) is 25.3. The number of rotatable bonds is 7. The zero-order valence-electron chi connectivity index (χ0n) is 18.0. The van der Waals surface area contributed by atoms with Crippen molar-refractivity contribution in [3.63, 3.8) is 0 Å². The maximum absolute atomic E-state index is 13.3. The number of aliphatic hydroxyl groups is 1. The minimum atomic E-state index is -5.01. The standard InChI is InChI=1S/C21H22F4N2O6S/c1-20(2)32-11-18(33-20)17(28)10-26-19(29)12-4-3-5-14(8-12)34(30,31)27-16-7-6-13(22)9-15(16)21(23,24)25/h3-9,17-18,27-28H,10-11H2,1-2H3,(H,26,29). The van der Waals surface area contributed by atoms with Crippen LogP contribution in [0.5, 0.6) is 0 Å². The van der Waals surface area contributed by atoms with Crippen LogP contribution < -0.4 is 10.0 Å². The molecule has 186 valence electrons. The summed E-state index contributed by atoms with van der Waals surface area (Å²) in [5.41, 5.74) is -2.48. The monoisotopic (exact) mass is 506 g/mol. The number of ether oxygens (including phenoxy) is 2. The molecule has 1 heterocycles. The van der Waals surface area contributed by atoms with Gasteiger partial charge in [0.15, 0.2) is 5.79 Å². The lowest BCUT2D eigenvalue weighted by molar-refractivity contribution is -0.150. The van der Waals surface area contributed by atoms with Crippen molar-refractivity contribution in [2.75, 3.05) is 17.9 Å². The lowest BCUT2D eigenvalue weighted by Crippen LogP contribution is -2.40. The average molecular weight is 506 g/mol. The van der Waals surface area contributed by atoms with E-state index >= 15 is 0 Å². The molecule has 2 aromatic rings. The van der Waals surface area contributed by atoms with Crippen molar-refractivity contribution >= 4 is 21.6 Å². The Hall–Kier alpha value is -2.74. The second kappa shape index (κ2) is 9.49. The highest BCUT2D eigenvalue weighted by atomic mass is 32.2. The van der Waals surface area contributed by atoms with Gasteiger partial charge in [-0.05, 0) is 50.2 Å². The number of hydrogen-bond donors (Lipinski definition) is 3. The Labute approximate surface area is 192 Å². The molecule has 1 amide bonds. The third-order valence-electron chi connectivity index (χ3n) is 4.87. The Kier molecular flexibility index (Phi) is 7.22. The third-order valence-corrected chi connectivity index (χ3v) is 6.23. The van der Waals surface area contributed by atoms with Gasteiger partial charge in [0, 0.05) is 12.1 Å². The summed E-state index contributed by atoms with van der Waals surface area (Å²) in [6.45, 7) is 3.24. The second-order valence-corrected chi connectivity index (χ2v) is 9.65. The van der Waals surface area contributed by atoms with Crippen LogP contribution in [-0.4, -0.2) is 50.6 Å². The molecular weight excluding hydrogens is 484 g/mol. The number of alkyl halides is 3. The minimum absolute atomic E-state index is 0.117. The molecule has 2 atom stereocenters. The molecule has 1 aliphatic heterocycles. The van der Waals surface area contributed by atoms with Crippen LogP contribution in [0.3, 0.4) is 0 Å². The van der Waals surface area contributed by atoms with Crippen molar-refractivity contribution in [1.82, 2.24) is 5.32 Å². The van der Waals surface area contributed by atoms with E-state index in [1.807, 2.05) is 0 Å². The van der Waals surface area contributed by atoms with E-state index in [1.54, 1.807) is 18.6 Å².